The van der Waals surface area contributed by atoms with Crippen LogP contribution in [0.3, 0.4) is 0 Å². The van der Waals surface area contributed by atoms with E-state index in [0.717, 1.165) is 5.75 Å². The van der Waals surface area contributed by atoms with Crippen LogP contribution in [0.1, 0.15) is 31.9 Å². The topological polar surface area (TPSA) is 41.6 Å². The molecule has 5 heteroatoms. The number of rotatable bonds is 4. The van der Waals surface area contributed by atoms with Crippen molar-refractivity contribution in [3.63, 3.8) is 0 Å². The van der Waals surface area contributed by atoms with Gasteiger partial charge in [0.05, 0.1) is 5.56 Å². The third-order valence-electron chi connectivity index (χ3n) is 3.78. The van der Waals surface area contributed by atoms with Crippen LogP contribution in [0.4, 0.5) is 4.39 Å². The van der Waals surface area contributed by atoms with Crippen LogP contribution in [0.15, 0.2) is 53.7 Å². The minimum atomic E-state index is -0.303. The molecule has 0 fully saturated rings. The summed E-state index contributed by atoms with van der Waals surface area (Å²) in [5.41, 5.74) is 3.12. The number of benzene rings is 2. The average molecular weight is 341 g/mol. The number of nitrogens with zero attached hydrogens (tertiary/aromatic N) is 2. The minimum absolute atomic E-state index is 0.157. The van der Waals surface area contributed by atoms with Gasteiger partial charge in [0.1, 0.15) is 5.82 Å². The molecule has 0 aliphatic carbocycles. The van der Waals surface area contributed by atoms with Crippen LogP contribution in [0.5, 0.6) is 0 Å². The molecular formula is C19H20FN3S. The molecule has 0 bridgehead atoms. The Morgan fingerprint density at radius 3 is 2.42 bits per heavy atom. The lowest BCUT2D eigenvalue weighted by Gasteiger charge is -2.19. The van der Waals surface area contributed by atoms with Crippen molar-refractivity contribution in [2.45, 2.75) is 37.1 Å². The predicted molar refractivity (Wildman–Crippen MR) is 96.5 cm³/mol. The Labute approximate surface area is 145 Å². The molecule has 0 saturated carbocycles. The van der Waals surface area contributed by atoms with Crippen LogP contribution in [0, 0.1) is 5.82 Å². The van der Waals surface area contributed by atoms with E-state index in [2.05, 4.69) is 60.2 Å². The van der Waals surface area contributed by atoms with Gasteiger partial charge < -0.3 is 0 Å². The highest BCUT2D eigenvalue weighted by molar-refractivity contribution is 7.98. The molecule has 1 heterocycles. The summed E-state index contributed by atoms with van der Waals surface area (Å²) < 4.78 is 13.8. The molecule has 0 radical (unpaired) electrons. The van der Waals surface area contributed by atoms with Crippen molar-refractivity contribution >= 4 is 11.8 Å². The quantitative estimate of drug-likeness (QED) is 0.663. The van der Waals surface area contributed by atoms with Crippen LogP contribution in [0.25, 0.3) is 11.4 Å². The number of aromatic amines is 1. The Balaban J connectivity index is 1.67. The Morgan fingerprint density at radius 1 is 1.04 bits per heavy atom. The molecule has 0 atom stereocenters. The fourth-order valence-electron chi connectivity index (χ4n) is 2.33. The van der Waals surface area contributed by atoms with Gasteiger partial charge in [-0.05, 0) is 28.7 Å². The monoisotopic (exact) mass is 341 g/mol. The van der Waals surface area contributed by atoms with Crippen LogP contribution in [0.2, 0.25) is 0 Å². The SMILES string of the molecule is CC(C)(C)c1ccc(CSc2n[nH]c(-c3ccccc3F)n2)cc1. The first-order chi connectivity index (χ1) is 11.4. The smallest absolute Gasteiger partial charge is 0.209 e. The lowest BCUT2D eigenvalue weighted by atomic mass is 9.87. The van der Waals surface area contributed by atoms with E-state index in [9.17, 15) is 4.39 Å². The molecule has 0 aliphatic rings. The molecule has 1 aromatic heterocycles. The molecule has 0 amide bonds. The largest absolute Gasteiger partial charge is 0.258 e. The molecule has 0 spiro atoms. The second kappa shape index (κ2) is 6.77. The highest BCUT2D eigenvalue weighted by Gasteiger charge is 2.13. The first-order valence-electron chi connectivity index (χ1n) is 7.83. The van der Waals surface area contributed by atoms with Crippen molar-refractivity contribution in [1.29, 1.82) is 0 Å². The molecule has 3 aromatic rings. The van der Waals surface area contributed by atoms with Gasteiger partial charge in [0.25, 0.3) is 0 Å². The Morgan fingerprint density at radius 2 is 1.75 bits per heavy atom. The molecule has 3 nitrogen and oxygen atoms in total. The van der Waals surface area contributed by atoms with Crippen molar-refractivity contribution in [2.75, 3.05) is 0 Å². The third kappa shape index (κ3) is 3.85. The highest BCUT2D eigenvalue weighted by atomic mass is 32.2. The van der Waals surface area contributed by atoms with E-state index in [0.29, 0.717) is 16.5 Å². The van der Waals surface area contributed by atoms with Gasteiger partial charge in [-0.1, -0.05) is 68.9 Å². The van der Waals surface area contributed by atoms with Gasteiger partial charge in [-0.2, -0.15) is 0 Å². The predicted octanol–water partition coefficient (Wildman–Crippen LogP) is 5.20. The fourth-order valence-corrected chi connectivity index (χ4v) is 3.09. The number of hydrogen-bond donors (Lipinski definition) is 1. The van der Waals surface area contributed by atoms with Gasteiger partial charge in [-0.15, -0.1) is 5.10 Å². The van der Waals surface area contributed by atoms with Crippen molar-refractivity contribution < 1.29 is 4.39 Å². The maximum absolute atomic E-state index is 13.8. The third-order valence-corrected chi connectivity index (χ3v) is 4.70. The maximum atomic E-state index is 13.8. The summed E-state index contributed by atoms with van der Waals surface area (Å²) in [4.78, 5) is 4.37. The zero-order valence-electron chi connectivity index (χ0n) is 14.0. The molecule has 3 rings (SSSR count). The molecule has 0 unspecified atom stereocenters. The van der Waals surface area contributed by atoms with Crippen molar-refractivity contribution in [3.05, 3.63) is 65.5 Å². The summed E-state index contributed by atoms with van der Waals surface area (Å²) in [5, 5.41) is 7.59. The molecule has 0 aliphatic heterocycles. The van der Waals surface area contributed by atoms with E-state index in [1.54, 1.807) is 18.2 Å². The van der Waals surface area contributed by atoms with E-state index in [-0.39, 0.29) is 11.2 Å². The van der Waals surface area contributed by atoms with Gasteiger partial charge in [0.15, 0.2) is 5.82 Å². The van der Waals surface area contributed by atoms with Gasteiger partial charge >= 0.3 is 0 Å². The fraction of sp³-hybridized carbons (Fsp3) is 0.263. The lowest BCUT2D eigenvalue weighted by Crippen LogP contribution is -2.10. The minimum Gasteiger partial charge on any atom is -0.258 e. The first-order valence-corrected chi connectivity index (χ1v) is 8.81. The molecule has 2 aromatic carbocycles. The summed E-state index contributed by atoms with van der Waals surface area (Å²) in [6.45, 7) is 6.61. The van der Waals surface area contributed by atoms with E-state index < -0.39 is 0 Å². The lowest BCUT2D eigenvalue weighted by molar-refractivity contribution is 0.590. The zero-order valence-corrected chi connectivity index (χ0v) is 14.8. The van der Waals surface area contributed by atoms with Crippen LogP contribution in [-0.2, 0) is 11.2 Å². The van der Waals surface area contributed by atoms with Crippen LogP contribution >= 0.6 is 11.8 Å². The summed E-state index contributed by atoms with van der Waals surface area (Å²) >= 11 is 1.53. The van der Waals surface area contributed by atoms with Crippen molar-refractivity contribution in [3.8, 4) is 11.4 Å². The highest BCUT2D eigenvalue weighted by Crippen LogP contribution is 2.26. The summed E-state index contributed by atoms with van der Waals surface area (Å²) in [6.07, 6.45) is 0. The van der Waals surface area contributed by atoms with Crippen molar-refractivity contribution in [2.24, 2.45) is 0 Å². The van der Waals surface area contributed by atoms with E-state index in [1.807, 2.05) is 0 Å². The number of H-pyrrole nitrogens is 1. The van der Waals surface area contributed by atoms with Gasteiger partial charge in [-0.25, -0.2) is 9.37 Å². The molecule has 124 valence electrons. The van der Waals surface area contributed by atoms with E-state index >= 15 is 0 Å². The standard InChI is InChI=1S/C19H20FN3S/c1-19(2,3)14-10-8-13(9-11-14)12-24-18-21-17(22-23-18)15-6-4-5-7-16(15)20/h4-11H,12H2,1-3H3,(H,21,22,23). The Hall–Kier alpha value is -2.14. The van der Waals surface area contributed by atoms with Gasteiger partial charge in [-0.3, -0.25) is 5.10 Å². The van der Waals surface area contributed by atoms with Crippen LogP contribution in [-0.4, -0.2) is 15.2 Å². The molecule has 24 heavy (non-hydrogen) atoms. The summed E-state index contributed by atoms with van der Waals surface area (Å²) in [7, 11) is 0. The number of thioether (sulfide) groups is 1. The molecular weight excluding hydrogens is 321 g/mol. The molecule has 0 saturated heterocycles. The molecule has 1 N–H and O–H groups in total. The normalized spacial score (nSPS) is 11.7. The van der Waals surface area contributed by atoms with Gasteiger partial charge in [0.2, 0.25) is 5.16 Å². The number of halogens is 1. The summed E-state index contributed by atoms with van der Waals surface area (Å²) in [5.74, 6) is 0.931. The maximum Gasteiger partial charge on any atom is 0.209 e. The average Bonchev–Trinajstić information content (AvgIpc) is 3.02. The second-order valence-corrected chi connectivity index (χ2v) is 7.62. The van der Waals surface area contributed by atoms with E-state index in [1.165, 1.54) is 29.0 Å². The van der Waals surface area contributed by atoms with Gasteiger partial charge in [0, 0.05) is 5.75 Å². The zero-order chi connectivity index (χ0) is 17.2. The second-order valence-electron chi connectivity index (χ2n) is 6.68. The Bertz CT molecular complexity index is 819. The van der Waals surface area contributed by atoms with Crippen molar-refractivity contribution in [1.82, 2.24) is 15.2 Å². The first kappa shape index (κ1) is 16.7. The van der Waals surface area contributed by atoms with E-state index in [4.69, 9.17) is 0 Å². The van der Waals surface area contributed by atoms with Crippen LogP contribution < -0.4 is 0 Å². The summed E-state index contributed by atoms with van der Waals surface area (Å²) in [6, 6.07) is 15.2. The Kier molecular flexibility index (Phi) is 4.71. The number of aromatic nitrogens is 3. The number of hydrogen-bond acceptors (Lipinski definition) is 3. The number of nitrogens with one attached hydrogen (secondary N) is 1.